The fourth-order valence-corrected chi connectivity index (χ4v) is 7.84. The molecular weight excluding hydrogens is 617 g/mol. The summed E-state index contributed by atoms with van der Waals surface area (Å²) in [5.41, 5.74) is 5.98. The lowest BCUT2D eigenvalue weighted by atomic mass is 9.59. The summed E-state index contributed by atoms with van der Waals surface area (Å²) < 4.78 is 33.9. The quantitative estimate of drug-likeness (QED) is 0.209. The Labute approximate surface area is 275 Å². The van der Waals surface area contributed by atoms with E-state index in [1.54, 1.807) is 6.07 Å². The van der Waals surface area contributed by atoms with E-state index in [0.717, 1.165) is 30.5 Å². The largest absolute Gasteiger partial charge is 0.508 e. The zero-order chi connectivity index (χ0) is 33.2. The van der Waals surface area contributed by atoms with E-state index in [0.29, 0.717) is 5.56 Å². The number of rotatable bonds is 7. The number of carbonyl (C=O) groups excluding carboxylic acids is 2. The lowest BCUT2D eigenvalue weighted by molar-refractivity contribution is -0.0356. The first kappa shape index (κ1) is 30.5. The molecule has 1 saturated heterocycles. The maximum Gasteiger partial charge on any atom is 0.265 e. The number of nitrogens with two attached hydrogens (primary N) is 1. The van der Waals surface area contributed by atoms with Crippen molar-refractivity contribution in [1.82, 2.24) is 10.5 Å². The number of ketones is 2. The Morgan fingerprint density at radius 3 is 2.38 bits per heavy atom. The van der Waals surface area contributed by atoms with Crippen LogP contribution in [-0.2, 0) is 19.6 Å². The number of nitrogens with one attached hydrogen (secondary N) is 1. The molecule has 3 aromatic carbocycles. The highest BCUT2D eigenvalue weighted by molar-refractivity contribution is 6.16. The Hall–Kier alpha value is -4.84. The molecule has 1 aromatic heterocycles. The standard InChI is InChI=1S/C37H34FN3O7/c38-30-22(25-12-7-13-40-25)16-26(46-17-19-8-3-1-4-9-19)28-23(30)14-21-15-24-31(39)33-29(35(44)37(24,45)34(43)27(21)32(28)42)36(41-48-33)47-18-20-10-5-2-6-11-20/h1-6,8-11,16,21,24-25,31,40,43,45H,7,12-15,17-18,39H2/t21-,24-,25?,31-,37-/m0/s1. The van der Waals surface area contributed by atoms with Crippen molar-refractivity contribution in [3.05, 3.63) is 123 Å². The zero-order valence-corrected chi connectivity index (χ0v) is 25.9. The number of aliphatic hydroxyl groups is 2. The topological polar surface area (TPSA) is 157 Å². The number of carbonyl (C=O) groups is 2. The van der Waals surface area contributed by atoms with Gasteiger partial charge in [-0.25, -0.2) is 4.39 Å². The van der Waals surface area contributed by atoms with Crippen LogP contribution in [0.2, 0.25) is 0 Å². The van der Waals surface area contributed by atoms with Crippen molar-refractivity contribution in [1.29, 1.82) is 0 Å². The van der Waals surface area contributed by atoms with Crippen LogP contribution >= 0.6 is 0 Å². The Balaban J connectivity index is 1.20. The average molecular weight is 652 g/mol. The normalized spacial score (nSPS) is 26.1. The van der Waals surface area contributed by atoms with Crippen LogP contribution in [0.4, 0.5) is 4.39 Å². The molecule has 0 bridgehead atoms. The minimum atomic E-state index is -2.56. The molecule has 3 aliphatic carbocycles. The number of halogens is 1. The number of hydrogen-bond donors (Lipinski definition) is 4. The van der Waals surface area contributed by atoms with Crippen LogP contribution in [0.3, 0.4) is 0 Å². The molecule has 1 aliphatic heterocycles. The van der Waals surface area contributed by atoms with Gasteiger partial charge in [0.2, 0.25) is 5.78 Å². The summed E-state index contributed by atoms with van der Waals surface area (Å²) in [6.07, 6.45) is 1.68. The van der Waals surface area contributed by atoms with Gasteiger partial charge >= 0.3 is 0 Å². The first-order valence-corrected chi connectivity index (χ1v) is 16.2. The molecule has 5 atom stereocenters. The molecule has 1 unspecified atom stereocenters. The van der Waals surface area contributed by atoms with Gasteiger partial charge in [-0.05, 0) is 60.5 Å². The minimum Gasteiger partial charge on any atom is -0.508 e. The van der Waals surface area contributed by atoms with E-state index < -0.39 is 46.6 Å². The predicted octanol–water partition coefficient (Wildman–Crippen LogP) is 5.21. The predicted molar refractivity (Wildman–Crippen MR) is 170 cm³/mol. The number of ether oxygens (including phenoxy) is 2. The zero-order valence-electron chi connectivity index (χ0n) is 25.9. The van der Waals surface area contributed by atoms with Gasteiger partial charge < -0.3 is 35.3 Å². The molecule has 2 heterocycles. The Kier molecular flexibility index (Phi) is 7.43. The molecule has 10 nitrogen and oxygen atoms in total. The number of aromatic nitrogens is 1. The number of benzene rings is 3. The third-order valence-corrected chi connectivity index (χ3v) is 10.3. The summed E-state index contributed by atoms with van der Waals surface area (Å²) in [7, 11) is 0. The summed E-state index contributed by atoms with van der Waals surface area (Å²) in [5, 5.41) is 31.2. The van der Waals surface area contributed by atoms with E-state index in [4.69, 9.17) is 19.7 Å². The molecule has 11 heteroatoms. The Bertz CT molecular complexity index is 1950. The maximum absolute atomic E-state index is 16.4. The molecule has 5 N–H and O–H groups in total. The average Bonchev–Trinajstić information content (AvgIpc) is 3.80. The van der Waals surface area contributed by atoms with E-state index in [9.17, 15) is 19.8 Å². The summed E-state index contributed by atoms with van der Waals surface area (Å²) in [4.78, 5) is 28.6. The van der Waals surface area contributed by atoms with Gasteiger partial charge in [-0.1, -0.05) is 60.7 Å². The van der Waals surface area contributed by atoms with Crippen LogP contribution in [0.1, 0.15) is 80.1 Å². The van der Waals surface area contributed by atoms with Crippen molar-refractivity contribution < 1.29 is 38.2 Å². The number of aliphatic hydroxyl groups excluding tert-OH is 1. The second-order valence-electron chi connectivity index (χ2n) is 13.0. The van der Waals surface area contributed by atoms with Crippen molar-refractivity contribution >= 4 is 11.6 Å². The van der Waals surface area contributed by atoms with Gasteiger partial charge in [0.05, 0.1) is 11.6 Å². The Morgan fingerprint density at radius 2 is 1.71 bits per heavy atom. The van der Waals surface area contributed by atoms with Crippen LogP contribution in [0, 0.1) is 17.7 Å². The fraction of sp³-hybridized carbons (Fsp3) is 0.324. The van der Waals surface area contributed by atoms with E-state index in [-0.39, 0.29) is 71.8 Å². The number of fused-ring (bicyclic) bond motifs is 4. The minimum absolute atomic E-state index is 0.0138. The number of Topliss-reactive ketones (excluding diaryl/α,β-unsaturated/α-hetero) is 2. The number of allylic oxidation sites excluding steroid dienone is 1. The summed E-state index contributed by atoms with van der Waals surface area (Å²) in [5.74, 6) is -4.68. The third-order valence-electron chi connectivity index (χ3n) is 10.3. The second-order valence-corrected chi connectivity index (χ2v) is 13.0. The molecule has 0 spiro atoms. The molecule has 48 heavy (non-hydrogen) atoms. The van der Waals surface area contributed by atoms with Gasteiger partial charge in [0.1, 0.15) is 36.1 Å². The molecule has 4 aromatic rings. The van der Waals surface area contributed by atoms with Gasteiger partial charge in [-0.15, -0.1) is 0 Å². The third kappa shape index (κ3) is 4.68. The van der Waals surface area contributed by atoms with Crippen molar-refractivity contribution in [2.45, 2.75) is 56.6 Å². The molecule has 246 valence electrons. The highest BCUT2D eigenvalue weighted by atomic mass is 19.1. The van der Waals surface area contributed by atoms with Crippen LogP contribution in [-0.4, -0.2) is 39.1 Å². The van der Waals surface area contributed by atoms with Crippen LogP contribution in [0.5, 0.6) is 11.6 Å². The first-order chi connectivity index (χ1) is 23.3. The molecule has 4 aliphatic rings. The SMILES string of the molecule is N[C@@H]1c2onc(OCc3ccccc3)c2C(=O)[C@@]2(O)C(O)=C3C(=O)c4c(OCc5ccccc5)cc(C5CCCN5)c(F)c4C[C@H]3C[C@@H]12. The van der Waals surface area contributed by atoms with Gasteiger partial charge in [0, 0.05) is 28.7 Å². The van der Waals surface area contributed by atoms with E-state index >= 15 is 4.39 Å². The smallest absolute Gasteiger partial charge is 0.265 e. The summed E-state index contributed by atoms with van der Waals surface area (Å²) in [6.45, 7) is 0.933. The lowest BCUT2D eigenvalue weighted by Gasteiger charge is -2.47. The van der Waals surface area contributed by atoms with Crippen LogP contribution < -0.4 is 20.5 Å². The van der Waals surface area contributed by atoms with Gasteiger partial charge in [0.15, 0.2) is 17.1 Å². The molecule has 8 rings (SSSR count). The highest BCUT2D eigenvalue weighted by Crippen LogP contribution is 2.55. The second kappa shape index (κ2) is 11.7. The molecule has 0 saturated carbocycles. The monoisotopic (exact) mass is 651 g/mol. The van der Waals surface area contributed by atoms with E-state index in [1.807, 2.05) is 60.7 Å². The van der Waals surface area contributed by atoms with Crippen molar-refractivity contribution in [2.75, 3.05) is 6.54 Å². The first-order valence-electron chi connectivity index (χ1n) is 16.2. The number of hydrogen-bond acceptors (Lipinski definition) is 10. The van der Waals surface area contributed by atoms with E-state index in [2.05, 4.69) is 10.5 Å². The van der Waals surface area contributed by atoms with Crippen molar-refractivity contribution in [3.8, 4) is 11.6 Å². The molecular formula is C37H34FN3O7. The van der Waals surface area contributed by atoms with E-state index in [1.165, 1.54) is 0 Å². The fourth-order valence-electron chi connectivity index (χ4n) is 7.84. The molecule has 0 amide bonds. The van der Waals surface area contributed by atoms with Gasteiger partial charge in [0.25, 0.3) is 5.88 Å². The summed E-state index contributed by atoms with van der Waals surface area (Å²) in [6, 6.07) is 18.8. The van der Waals surface area contributed by atoms with Crippen LogP contribution in [0.25, 0.3) is 0 Å². The van der Waals surface area contributed by atoms with Crippen LogP contribution in [0.15, 0.2) is 82.6 Å². The highest BCUT2D eigenvalue weighted by Gasteiger charge is 2.63. The molecule has 1 fully saturated rings. The lowest BCUT2D eigenvalue weighted by Crippen LogP contribution is -2.58. The summed E-state index contributed by atoms with van der Waals surface area (Å²) >= 11 is 0. The maximum atomic E-state index is 16.4. The number of nitrogens with zero attached hydrogens (tertiary/aromatic N) is 1. The van der Waals surface area contributed by atoms with Crippen molar-refractivity contribution in [3.63, 3.8) is 0 Å². The van der Waals surface area contributed by atoms with Gasteiger partial charge in [-0.2, -0.15) is 0 Å². The molecule has 0 radical (unpaired) electrons. The van der Waals surface area contributed by atoms with Crippen molar-refractivity contribution in [2.24, 2.45) is 17.6 Å². The Morgan fingerprint density at radius 1 is 1.02 bits per heavy atom. The van der Waals surface area contributed by atoms with Gasteiger partial charge in [-0.3, -0.25) is 9.59 Å².